The van der Waals surface area contributed by atoms with Gasteiger partial charge in [0.15, 0.2) is 6.10 Å². The van der Waals surface area contributed by atoms with Crippen LogP contribution in [-0.4, -0.2) is 23.3 Å². The normalized spacial score (nSPS) is 12.1. The van der Waals surface area contributed by atoms with Crippen LogP contribution in [0, 0.1) is 23.7 Å². The quantitative estimate of drug-likeness (QED) is 0.290. The summed E-state index contributed by atoms with van der Waals surface area (Å²) in [6.45, 7) is 7.05. The number of aliphatic hydroxyl groups is 1. The van der Waals surface area contributed by atoms with E-state index in [0.717, 1.165) is 12.8 Å². The van der Waals surface area contributed by atoms with Gasteiger partial charge in [-0.05, 0) is 36.7 Å². The van der Waals surface area contributed by atoms with Crippen LogP contribution in [0.1, 0.15) is 65.2 Å². The van der Waals surface area contributed by atoms with Crippen molar-refractivity contribution in [3.63, 3.8) is 0 Å². The maximum absolute atomic E-state index is 10.8. The zero-order valence-electron chi connectivity index (χ0n) is 13.9. The standard InChI is InChI=1S/C19H28O3/c1-4-6-7-8-9-10-11-14-18(21)15-12-13-16-19(5-2)22-17(3)20/h5,18-19,21H,2,4,6-11,14H2,1,3H3/t18-,19+/m1/s1. The summed E-state index contributed by atoms with van der Waals surface area (Å²) in [5.74, 6) is 10.1. The van der Waals surface area contributed by atoms with Crippen molar-refractivity contribution in [2.75, 3.05) is 0 Å². The third kappa shape index (κ3) is 13.3. The summed E-state index contributed by atoms with van der Waals surface area (Å²) in [6, 6.07) is 0. The molecule has 3 nitrogen and oxygen atoms in total. The molecular weight excluding hydrogens is 276 g/mol. The molecule has 0 aliphatic carbocycles. The van der Waals surface area contributed by atoms with E-state index in [2.05, 4.69) is 37.2 Å². The van der Waals surface area contributed by atoms with Gasteiger partial charge in [-0.25, -0.2) is 0 Å². The summed E-state index contributed by atoms with van der Waals surface area (Å²) in [5, 5.41) is 9.71. The lowest BCUT2D eigenvalue weighted by atomic mass is 10.1. The van der Waals surface area contributed by atoms with E-state index >= 15 is 0 Å². The molecule has 0 heterocycles. The van der Waals surface area contributed by atoms with Crippen LogP contribution < -0.4 is 0 Å². The van der Waals surface area contributed by atoms with Crippen LogP contribution in [0.15, 0.2) is 12.7 Å². The van der Waals surface area contributed by atoms with E-state index in [1.165, 1.54) is 45.1 Å². The number of carbonyl (C=O) groups is 1. The second kappa shape index (κ2) is 14.2. The van der Waals surface area contributed by atoms with Crippen molar-refractivity contribution in [2.24, 2.45) is 0 Å². The molecule has 3 heteroatoms. The van der Waals surface area contributed by atoms with Crippen molar-refractivity contribution in [3.05, 3.63) is 12.7 Å². The minimum atomic E-state index is -0.646. The molecule has 0 aromatic heterocycles. The predicted octanol–water partition coefficient (Wildman–Crippen LogP) is 3.61. The van der Waals surface area contributed by atoms with Crippen molar-refractivity contribution in [2.45, 2.75) is 77.4 Å². The number of esters is 1. The molecule has 0 bridgehead atoms. The first-order valence-corrected chi connectivity index (χ1v) is 8.09. The highest BCUT2D eigenvalue weighted by Gasteiger charge is 2.01. The lowest BCUT2D eigenvalue weighted by Gasteiger charge is -2.03. The molecule has 0 aromatic rings. The summed E-state index contributed by atoms with van der Waals surface area (Å²) in [6.07, 6.45) is 9.34. The number of hydrogen-bond acceptors (Lipinski definition) is 3. The molecule has 0 saturated heterocycles. The lowest BCUT2D eigenvalue weighted by Crippen LogP contribution is -2.10. The molecule has 2 atom stereocenters. The molecule has 0 radical (unpaired) electrons. The first kappa shape index (κ1) is 20.3. The van der Waals surface area contributed by atoms with Crippen molar-refractivity contribution in [1.29, 1.82) is 0 Å². The lowest BCUT2D eigenvalue weighted by molar-refractivity contribution is -0.142. The fraction of sp³-hybridized carbons (Fsp3) is 0.632. The van der Waals surface area contributed by atoms with Crippen LogP contribution in [0.4, 0.5) is 0 Å². The summed E-state index contributed by atoms with van der Waals surface area (Å²) >= 11 is 0. The van der Waals surface area contributed by atoms with Gasteiger partial charge < -0.3 is 9.84 Å². The van der Waals surface area contributed by atoms with Crippen molar-refractivity contribution < 1.29 is 14.6 Å². The molecular formula is C19H28O3. The van der Waals surface area contributed by atoms with Crippen molar-refractivity contribution in [1.82, 2.24) is 0 Å². The topological polar surface area (TPSA) is 46.5 Å². The molecule has 0 aliphatic heterocycles. The maximum Gasteiger partial charge on any atom is 0.304 e. The second-order valence-electron chi connectivity index (χ2n) is 5.23. The highest BCUT2D eigenvalue weighted by Crippen LogP contribution is 2.09. The molecule has 1 N–H and O–H groups in total. The van der Waals surface area contributed by atoms with E-state index in [1.807, 2.05) is 0 Å². The summed E-state index contributed by atoms with van der Waals surface area (Å²) < 4.78 is 4.87. The Bertz CT molecular complexity index is 431. The first-order chi connectivity index (χ1) is 10.6. The van der Waals surface area contributed by atoms with Gasteiger partial charge in [0.25, 0.3) is 0 Å². The second-order valence-corrected chi connectivity index (χ2v) is 5.23. The van der Waals surface area contributed by atoms with Gasteiger partial charge in [-0.15, -0.1) is 0 Å². The highest BCUT2D eigenvalue weighted by atomic mass is 16.5. The van der Waals surface area contributed by atoms with E-state index in [0.29, 0.717) is 6.42 Å². The number of aliphatic hydroxyl groups excluding tert-OH is 1. The predicted molar refractivity (Wildman–Crippen MR) is 89.9 cm³/mol. The number of rotatable bonds is 10. The zero-order chi connectivity index (χ0) is 16.6. The molecule has 0 fully saturated rings. The van der Waals surface area contributed by atoms with Gasteiger partial charge in [0.1, 0.15) is 6.10 Å². The number of hydrogen-bond donors (Lipinski definition) is 1. The van der Waals surface area contributed by atoms with Crippen LogP contribution in [0.5, 0.6) is 0 Å². The highest BCUT2D eigenvalue weighted by molar-refractivity contribution is 5.66. The third-order valence-corrected chi connectivity index (χ3v) is 3.10. The smallest absolute Gasteiger partial charge is 0.304 e. The molecule has 0 aliphatic rings. The van der Waals surface area contributed by atoms with E-state index in [9.17, 15) is 9.90 Å². The van der Waals surface area contributed by atoms with Gasteiger partial charge in [-0.2, -0.15) is 0 Å². The Hall–Kier alpha value is -1.71. The minimum absolute atomic E-state index is 0.411. The van der Waals surface area contributed by atoms with Crippen LogP contribution in [-0.2, 0) is 9.53 Å². The van der Waals surface area contributed by atoms with E-state index < -0.39 is 18.2 Å². The SMILES string of the molecule is C=C[C@@H](C#CC#C[C@H](O)CCCCCCCCC)OC(C)=O. The third-order valence-electron chi connectivity index (χ3n) is 3.10. The zero-order valence-corrected chi connectivity index (χ0v) is 13.9. The van der Waals surface area contributed by atoms with E-state index in [4.69, 9.17) is 4.74 Å². The van der Waals surface area contributed by atoms with Gasteiger partial charge in [0.05, 0.1) is 0 Å². The molecule has 0 spiro atoms. The molecule has 0 rings (SSSR count). The van der Waals surface area contributed by atoms with Crippen LogP contribution in [0.2, 0.25) is 0 Å². The van der Waals surface area contributed by atoms with E-state index in [-0.39, 0.29) is 0 Å². The molecule has 22 heavy (non-hydrogen) atoms. The molecule has 0 saturated carbocycles. The fourth-order valence-electron chi connectivity index (χ4n) is 1.91. The summed E-state index contributed by atoms with van der Waals surface area (Å²) in [5.41, 5.74) is 0. The molecule has 122 valence electrons. The Morgan fingerprint density at radius 1 is 1.14 bits per heavy atom. The molecule has 0 amide bonds. The van der Waals surface area contributed by atoms with Crippen molar-refractivity contribution in [3.8, 4) is 23.7 Å². The minimum Gasteiger partial charge on any atom is -0.445 e. The number of ether oxygens (including phenoxy) is 1. The van der Waals surface area contributed by atoms with Crippen LogP contribution in [0.3, 0.4) is 0 Å². The average molecular weight is 304 g/mol. The maximum atomic E-state index is 10.8. The van der Waals surface area contributed by atoms with Gasteiger partial charge in [-0.1, -0.05) is 57.9 Å². The van der Waals surface area contributed by atoms with Gasteiger partial charge in [0.2, 0.25) is 0 Å². The number of carbonyl (C=O) groups excluding carboxylic acids is 1. The van der Waals surface area contributed by atoms with Crippen molar-refractivity contribution >= 4 is 5.97 Å². The van der Waals surface area contributed by atoms with Gasteiger partial charge in [0, 0.05) is 6.92 Å². The van der Waals surface area contributed by atoms with Gasteiger partial charge >= 0.3 is 5.97 Å². The monoisotopic (exact) mass is 304 g/mol. The Morgan fingerprint density at radius 2 is 1.73 bits per heavy atom. The summed E-state index contributed by atoms with van der Waals surface area (Å²) in [4.78, 5) is 10.8. The first-order valence-electron chi connectivity index (χ1n) is 8.09. The molecule has 0 unspecified atom stereocenters. The van der Waals surface area contributed by atoms with E-state index in [1.54, 1.807) is 0 Å². The Balaban J connectivity index is 3.86. The summed E-state index contributed by atoms with van der Waals surface area (Å²) in [7, 11) is 0. The largest absolute Gasteiger partial charge is 0.445 e. The Labute approximate surface area is 135 Å². The van der Waals surface area contributed by atoms with Crippen LogP contribution >= 0.6 is 0 Å². The van der Waals surface area contributed by atoms with Gasteiger partial charge in [-0.3, -0.25) is 4.79 Å². The Kier molecular flexibility index (Phi) is 13.1. The van der Waals surface area contributed by atoms with Crippen LogP contribution in [0.25, 0.3) is 0 Å². The number of unbranched alkanes of at least 4 members (excludes halogenated alkanes) is 6. The fourth-order valence-corrected chi connectivity index (χ4v) is 1.91. The average Bonchev–Trinajstić information content (AvgIpc) is 2.49. The Morgan fingerprint density at radius 3 is 2.32 bits per heavy atom. The molecule has 0 aromatic carbocycles.